The van der Waals surface area contributed by atoms with Gasteiger partial charge in [0.05, 0.1) is 5.69 Å². The van der Waals surface area contributed by atoms with Crippen molar-refractivity contribution < 1.29 is 8.78 Å². The van der Waals surface area contributed by atoms with Gasteiger partial charge in [0.1, 0.15) is 29.6 Å². The minimum atomic E-state index is -0.683. The van der Waals surface area contributed by atoms with Crippen molar-refractivity contribution in [2.24, 2.45) is 0 Å². The van der Waals surface area contributed by atoms with E-state index in [-0.39, 0.29) is 5.69 Å². The molecule has 1 aromatic heterocycles. The zero-order valence-electron chi connectivity index (χ0n) is 13.3. The van der Waals surface area contributed by atoms with E-state index in [1.807, 2.05) is 26.0 Å². The summed E-state index contributed by atoms with van der Waals surface area (Å²) in [5, 5.41) is 6.01. The first-order valence-electron chi connectivity index (χ1n) is 7.39. The Morgan fingerprint density at radius 2 is 1.46 bits per heavy atom. The van der Waals surface area contributed by atoms with Crippen molar-refractivity contribution in [2.45, 2.75) is 13.8 Å². The molecule has 0 aliphatic rings. The van der Waals surface area contributed by atoms with Crippen LogP contribution in [0.4, 0.5) is 31.8 Å². The average molecular weight is 326 g/mol. The highest BCUT2D eigenvalue weighted by Gasteiger charge is 2.06. The summed E-state index contributed by atoms with van der Waals surface area (Å²) < 4.78 is 26.7. The predicted molar refractivity (Wildman–Crippen MR) is 90.9 cm³/mol. The molecule has 1 heterocycles. The fraction of sp³-hybridized carbons (Fsp3) is 0.111. The van der Waals surface area contributed by atoms with E-state index in [9.17, 15) is 8.78 Å². The molecular weight excluding hydrogens is 310 g/mol. The van der Waals surface area contributed by atoms with E-state index in [1.165, 1.54) is 18.5 Å². The number of benzene rings is 2. The molecule has 122 valence electrons. The Hall–Kier alpha value is -3.02. The molecule has 0 radical (unpaired) electrons. The number of rotatable bonds is 4. The van der Waals surface area contributed by atoms with E-state index in [1.54, 1.807) is 6.07 Å². The Morgan fingerprint density at radius 1 is 0.792 bits per heavy atom. The zero-order valence-corrected chi connectivity index (χ0v) is 13.3. The second-order valence-electron chi connectivity index (χ2n) is 5.54. The number of nitrogens with one attached hydrogen (secondary N) is 2. The van der Waals surface area contributed by atoms with Crippen molar-refractivity contribution in [3.63, 3.8) is 0 Å². The lowest BCUT2D eigenvalue weighted by atomic mass is 10.1. The number of anilines is 4. The summed E-state index contributed by atoms with van der Waals surface area (Å²) in [5.74, 6) is -0.335. The number of nitrogens with zero attached hydrogens (tertiary/aromatic N) is 2. The van der Waals surface area contributed by atoms with Crippen LogP contribution in [0.1, 0.15) is 11.1 Å². The van der Waals surface area contributed by atoms with Crippen molar-refractivity contribution in [1.29, 1.82) is 0 Å². The van der Waals surface area contributed by atoms with Crippen molar-refractivity contribution in [3.8, 4) is 0 Å². The Labute approximate surface area is 138 Å². The van der Waals surface area contributed by atoms with Crippen LogP contribution in [0.2, 0.25) is 0 Å². The van der Waals surface area contributed by atoms with Crippen LogP contribution < -0.4 is 10.6 Å². The molecule has 0 atom stereocenters. The third kappa shape index (κ3) is 3.84. The fourth-order valence-electron chi connectivity index (χ4n) is 2.42. The zero-order chi connectivity index (χ0) is 17.1. The lowest BCUT2D eigenvalue weighted by Gasteiger charge is -2.10. The number of halogens is 2. The van der Waals surface area contributed by atoms with Gasteiger partial charge in [-0.3, -0.25) is 0 Å². The minimum absolute atomic E-state index is 0.146. The first-order chi connectivity index (χ1) is 11.5. The van der Waals surface area contributed by atoms with Gasteiger partial charge in [-0.05, 0) is 49.2 Å². The highest BCUT2D eigenvalue weighted by atomic mass is 19.1. The van der Waals surface area contributed by atoms with E-state index in [0.717, 1.165) is 22.9 Å². The molecule has 4 nitrogen and oxygen atoms in total. The first kappa shape index (κ1) is 15.9. The van der Waals surface area contributed by atoms with Crippen LogP contribution in [0.5, 0.6) is 0 Å². The van der Waals surface area contributed by atoms with E-state index >= 15 is 0 Å². The van der Waals surface area contributed by atoms with E-state index in [0.29, 0.717) is 11.6 Å². The average Bonchev–Trinajstić information content (AvgIpc) is 2.49. The lowest BCUT2D eigenvalue weighted by molar-refractivity contribution is 0.586. The highest BCUT2D eigenvalue weighted by molar-refractivity contribution is 5.63. The van der Waals surface area contributed by atoms with Gasteiger partial charge in [-0.2, -0.15) is 0 Å². The molecule has 0 unspecified atom stereocenters. The van der Waals surface area contributed by atoms with Gasteiger partial charge < -0.3 is 10.6 Å². The van der Waals surface area contributed by atoms with Crippen LogP contribution >= 0.6 is 0 Å². The maximum Gasteiger partial charge on any atom is 0.149 e. The summed E-state index contributed by atoms with van der Waals surface area (Å²) in [6.45, 7) is 4.03. The third-order valence-electron chi connectivity index (χ3n) is 3.36. The molecule has 3 rings (SSSR count). The van der Waals surface area contributed by atoms with Gasteiger partial charge in [-0.15, -0.1) is 0 Å². The van der Waals surface area contributed by atoms with E-state index < -0.39 is 11.6 Å². The van der Waals surface area contributed by atoms with E-state index in [4.69, 9.17) is 0 Å². The first-order valence-corrected chi connectivity index (χ1v) is 7.39. The summed E-state index contributed by atoms with van der Waals surface area (Å²) in [7, 11) is 0. The molecule has 0 spiro atoms. The van der Waals surface area contributed by atoms with Crippen LogP contribution in [-0.2, 0) is 0 Å². The summed E-state index contributed by atoms with van der Waals surface area (Å²) in [6, 6.07) is 11.1. The number of aryl methyl sites for hydroxylation is 2. The largest absolute Gasteiger partial charge is 0.340 e. The van der Waals surface area contributed by atoms with Gasteiger partial charge in [0, 0.05) is 17.8 Å². The van der Waals surface area contributed by atoms with Crippen molar-refractivity contribution in [2.75, 3.05) is 10.6 Å². The highest BCUT2D eigenvalue weighted by Crippen LogP contribution is 2.22. The molecule has 0 amide bonds. The Balaban J connectivity index is 1.81. The third-order valence-corrected chi connectivity index (χ3v) is 3.36. The van der Waals surface area contributed by atoms with Crippen molar-refractivity contribution in [3.05, 3.63) is 71.6 Å². The molecule has 6 heteroatoms. The summed E-state index contributed by atoms with van der Waals surface area (Å²) in [4.78, 5) is 8.21. The monoisotopic (exact) mass is 326 g/mol. The molecule has 0 saturated carbocycles. The normalized spacial score (nSPS) is 10.5. The van der Waals surface area contributed by atoms with Crippen LogP contribution in [0.3, 0.4) is 0 Å². The molecule has 0 saturated heterocycles. The summed E-state index contributed by atoms with van der Waals surface area (Å²) >= 11 is 0. The molecule has 2 aromatic carbocycles. The second-order valence-corrected chi connectivity index (χ2v) is 5.54. The van der Waals surface area contributed by atoms with Crippen LogP contribution in [0.25, 0.3) is 0 Å². The standard InChI is InChI=1S/C18H16F2N4/c1-11-5-12(2)7-14(6-11)23-17-9-18(22-10-21-17)24-16-4-3-13(19)8-15(16)20/h3-10H,1-2H3,(H2,21,22,23,24). The maximum absolute atomic E-state index is 13.7. The van der Waals surface area contributed by atoms with Gasteiger partial charge in [-0.1, -0.05) is 6.07 Å². The van der Waals surface area contributed by atoms with Gasteiger partial charge in [0.15, 0.2) is 0 Å². The predicted octanol–water partition coefficient (Wildman–Crippen LogP) is 4.86. The van der Waals surface area contributed by atoms with Gasteiger partial charge >= 0.3 is 0 Å². The molecule has 0 aliphatic heterocycles. The smallest absolute Gasteiger partial charge is 0.149 e. The summed E-state index contributed by atoms with van der Waals surface area (Å²) in [5.41, 5.74) is 3.33. The lowest BCUT2D eigenvalue weighted by Crippen LogP contribution is -2.00. The molecule has 0 fully saturated rings. The van der Waals surface area contributed by atoms with E-state index in [2.05, 4.69) is 26.7 Å². The molecule has 0 bridgehead atoms. The maximum atomic E-state index is 13.7. The summed E-state index contributed by atoms with van der Waals surface area (Å²) in [6.07, 6.45) is 1.37. The minimum Gasteiger partial charge on any atom is -0.340 e. The van der Waals surface area contributed by atoms with Crippen molar-refractivity contribution in [1.82, 2.24) is 9.97 Å². The van der Waals surface area contributed by atoms with Crippen LogP contribution in [0.15, 0.2) is 48.8 Å². The molecular formula is C18H16F2N4. The topological polar surface area (TPSA) is 49.8 Å². The molecule has 24 heavy (non-hydrogen) atoms. The van der Waals surface area contributed by atoms with Gasteiger partial charge in [-0.25, -0.2) is 18.7 Å². The van der Waals surface area contributed by atoms with Gasteiger partial charge in [0.2, 0.25) is 0 Å². The quantitative estimate of drug-likeness (QED) is 0.719. The number of aromatic nitrogens is 2. The fourth-order valence-corrected chi connectivity index (χ4v) is 2.42. The molecule has 3 aromatic rings. The van der Waals surface area contributed by atoms with Crippen molar-refractivity contribution >= 4 is 23.0 Å². The SMILES string of the molecule is Cc1cc(C)cc(Nc2cc(Nc3ccc(F)cc3F)ncn2)c1. The molecule has 2 N–H and O–H groups in total. The second kappa shape index (κ2) is 6.62. The Bertz CT molecular complexity index is 860. The van der Waals surface area contributed by atoms with Gasteiger partial charge in [0.25, 0.3) is 0 Å². The van der Waals surface area contributed by atoms with Crippen LogP contribution in [-0.4, -0.2) is 9.97 Å². The molecule has 0 aliphatic carbocycles. The van der Waals surface area contributed by atoms with Crippen LogP contribution in [0, 0.1) is 25.5 Å². The number of hydrogen-bond donors (Lipinski definition) is 2. The Kier molecular flexibility index (Phi) is 4.37. The number of hydrogen-bond acceptors (Lipinski definition) is 4. The Morgan fingerprint density at radius 3 is 2.12 bits per heavy atom.